The Labute approximate surface area is 182 Å². The summed E-state index contributed by atoms with van der Waals surface area (Å²) in [5, 5.41) is 12.2. The van der Waals surface area contributed by atoms with Crippen molar-refractivity contribution < 1.29 is 17.9 Å². The lowest BCUT2D eigenvalue weighted by Gasteiger charge is -2.34. The molecule has 0 bridgehead atoms. The van der Waals surface area contributed by atoms with Gasteiger partial charge >= 0.3 is 0 Å². The smallest absolute Gasteiger partial charge is 0.269 e. The van der Waals surface area contributed by atoms with Gasteiger partial charge in [0.15, 0.2) is 6.10 Å². The predicted molar refractivity (Wildman–Crippen MR) is 117 cm³/mol. The number of amides is 1. The SMILES string of the molecule is Cc1ccc2c(c1)N(S(C)(=O)=O)C[C@H](C(=O)Nc1nnc(-c3ccc(Cl)cc3)s1)O2. The van der Waals surface area contributed by atoms with Gasteiger partial charge in [-0.15, -0.1) is 10.2 Å². The molecule has 11 heteroatoms. The molecule has 0 aliphatic carbocycles. The summed E-state index contributed by atoms with van der Waals surface area (Å²) >= 11 is 7.09. The van der Waals surface area contributed by atoms with Crippen LogP contribution in [-0.2, 0) is 14.8 Å². The van der Waals surface area contributed by atoms with Gasteiger partial charge < -0.3 is 4.74 Å². The molecule has 0 saturated heterocycles. The van der Waals surface area contributed by atoms with E-state index < -0.39 is 22.0 Å². The fourth-order valence-corrected chi connectivity index (χ4v) is 4.76. The first-order chi connectivity index (χ1) is 14.2. The number of ether oxygens (including phenoxy) is 1. The van der Waals surface area contributed by atoms with Gasteiger partial charge in [-0.3, -0.25) is 14.4 Å². The van der Waals surface area contributed by atoms with Crippen molar-refractivity contribution in [1.29, 1.82) is 0 Å². The average Bonchev–Trinajstić information content (AvgIpc) is 3.15. The number of carbonyl (C=O) groups excluding carboxylic acids is 1. The molecule has 0 unspecified atom stereocenters. The first kappa shape index (κ1) is 20.6. The quantitative estimate of drug-likeness (QED) is 0.635. The maximum atomic E-state index is 12.8. The Morgan fingerprint density at radius 3 is 2.67 bits per heavy atom. The lowest BCUT2D eigenvalue weighted by atomic mass is 10.1. The molecule has 4 rings (SSSR count). The molecule has 156 valence electrons. The number of aromatic nitrogens is 2. The maximum Gasteiger partial charge on any atom is 0.269 e. The molecular formula is C19H17ClN4O4S2. The van der Waals surface area contributed by atoms with Crippen LogP contribution < -0.4 is 14.4 Å². The molecule has 2 heterocycles. The molecule has 1 N–H and O–H groups in total. The molecule has 2 aromatic carbocycles. The summed E-state index contributed by atoms with van der Waals surface area (Å²) in [7, 11) is -3.59. The van der Waals surface area contributed by atoms with Gasteiger partial charge in [-0.25, -0.2) is 8.42 Å². The van der Waals surface area contributed by atoms with Crippen LogP contribution in [-0.4, -0.2) is 43.4 Å². The molecule has 1 aromatic heterocycles. The lowest BCUT2D eigenvalue weighted by molar-refractivity contribution is -0.122. The van der Waals surface area contributed by atoms with Crippen molar-refractivity contribution in [3.8, 4) is 16.3 Å². The largest absolute Gasteiger partial charge is 0.476 e. The summed E-state index contributed by atoms with van der Waals surface area (Å²) in [6.45, 7) is 1.72. The van der Waals surface area contributed by atoms with Crippen LogP contribution in [0.5, 0.6) is 5.75 Å². The molecule has 1 atom stereocenters. The Hall–Kier alpha value is -2.69. The number of rotatable bonds is 4. The third-order valence-electron chi connectivity index (χ3n) is 4.42. The van der Waals surface area contributed by atoms with Crippen molar-refractivity contribution in [2.75, 3.05) is 22.4 Å². The first-order valence-corrected chi connectivity index (χ1v) is 11.9. The zero-order chi connectivity index (χ0) is 21.5. The Bertz CT molecular complexity index is 1210. The number of benzene rings is 2. The number of sulfonamides is 1. The maximum absolute atomic E-state index is 12.8. The predicted octanol–water partition coefficient (Wildman–Crippen LogP) is 3.33. The van der Waals surface area contributed by atoms with E-state index in [1.54, 1.807) is 30.3 Å². The minimum absolute atomic E-state index is 0.135. The Kier molecular flexibility index (Phi) is 5.39. The van der Waals surface area contributed by atoms with Crippen LogP contribution in [0.25, 0.3) is 10.6 Å². The normalized spacial score (nSPS) is 16.0. The number of hydrogen-bond acceptors (Lipinski definition) is 7. The van der Waals surface area contributed by atoms with Gasteiger partial charge in [0.1, 0.15) is 10.8 Å². The summed E-state index contributed by atoms with van der Waals surface area (Å²) in [5.74, 6) is -0.176. The highest BCUT2D eigenvalue weighted by molar-refractivity contribution is 7.92. The fourth-order valence-electron chi connectivity index (χ4n) is 2.98. The van der Waals surface area contributed by atoms with Crippen LogP contribution in [0, 0.1) is 6.92 Å². The van der Waals surface area contributed by atoms with Gasteiger partial charge in [0.2, 0.25) is 15.2 Å². The standard InChI is InChI=1S/C19H17ClN4O4S2/c1-11-3-8-15-14(9-11)24(30(2,26)27)10-16(28-15)17(25)21-19-23-22-18(29-19)12-4-6-13(20)7-5-12/h3-9,16H,10H2,1-2H3,(H,21,23,25)/t16-/m1/s1. The minimum Gasteiger partial charge on any atom is -0.476 e. The highest BCUT2D eigenvalue weighted by Gasteiger charge is 2.35. The van der Waals surface area contributed by atoms with E-state index in [1.807, 2.05) is 19.1 Å². The average molecular weight is 465 g/mol. The van der Waals surface area contributed by atoms with Crippen molar-refractivity contribution in [2.24, 2.45) is 0 Å². The topological polar surface area (TPSA) is 101 Å². The van der Waals surface area contributed by atoms with Crippen molar-refractivity contribution in [3.63, 3.8) is 0 Å². The number of nitrogens with one attached hydrogen (secondary N) is 1. The van der Waals surface area contributed by atoms with Gasteiger partial charge in [-0.2, -0.15) is 0 Å². The van der Waals surface area contributed by atoms with E-state index >= 15 is 0 Å². The van der Waals surface area contributed by atoms with Crippen LogP contribution in [0.15, 0.2) is 42.5 Å². The van der Waals surface area contributed by atoms with Crippen molar-refractivity contribution in [1.82, 2.24) is 10.2 Å². The second-order valence-corrected chi connectivity index (χ2v) is 10.1. The lowest BCUT2D eigenvalue weighted by Crippen LogP contribution is -2.48. The van der Waals surface area contributed by atoms with Crippen LogP contribution in [0.3, 0.4) is 0 Å². The molecule has 0 radical (unpaired) electrons. The van der Waals surface area contributed by atoms with E-state index in [-0.39, 0.29) is 11.7 Å². The number of nitrogens with zero attached hydrogens (tertiary/aromatic N) is 3. The van der Waals surface area contributed by atoms with E-state index in [9.17, 15) is 13.2 Å². The van der Waals surface area contributed by atoms with Crippen LogP contribution in [0.2, 0.25) is 5.02 Å². The minimum atomic E-state index is -3.59. The highest BCUT2D eigenvalue weighted by Crippen LogP contribution is 2.36. The van der Waals surface area contributed by atoms with Gasteiger partial charge in [0.05, 0.1) is 18.5 Å². The van der Waals surface area contributed by atoms with Crippen LogP contribution in [0.4, 0.5) is 10.8 Å². The van der Waals surface area contributed by atoms with E-state index in [2.05, 4.69) is 15.5 Å². The van der Waals surface area contributed by atoms with E-state index in [0.717, 1.165) is 17.4 Å². The molecule has 8 nitrogen and oxygen atoms in total. The molecular weight excluding hydrogens is 448 g/mol. The van der Waals surface area contributed by atoms with Gasteiger partial charge in [-0.1, -0.05) is 41.1 Å². The Balaban J connectivity index is 1.54. The fraction of sp³-hybridized carbons (Fsp3) is 0.211. The number of anilines is 2. The molecule has 1 aliphatic rings. The Morgan fingerprint density at radius 2 is 1.97 bits per heavy atom. The zero-order valence-corrected chi connectivity index (χ0v) is 18.4. The number of aryl methyl sites for hydroxylation is 1. The monoisotopic (exact) mass is 464 g/mol. The molecule has 30 heavy (non-hydrogen) atoms. The first-order valence-electron chi connectivity index (χ1n) is 8.86. The summed E-state index contributed by atoms with van der Waals surface area (Å²) in [5.41, 5.74) is 2.12. The molecule has 0 spiro atoms. The molecule has 1 amide bonds. The molecule has 1 aliphatic heterocycles. The number of hydrogen-bond donors (Lipinski definition) is 1. The van der Waals surface area contributed by atoms with Crippen molar-refractivity contribution in [3.05, 3.63) is 53.1 Å². The summed E-state index contributed by atoms with van der Waals surface area (Å²) in [4.78, 5) is 12.8. The molecule has 0 saturated carbocycles. The van der Waals surface area contributed by atoms with E-state index in [0.29, 0.717) is 21.5 Å². The third kappa shape index (κ3) is 4.25. The van der Waals surface area contributed by atoms with Gasteiger partial charge in [-0.05, 0) is 36.8 Å². The van der Waals surface area contributed by atoms with Crippen LogP contribution >= 0.6 is 22.9 Å². The van der Waals surface area contributed by atoms with Gasteiger partial charge in [0, 0.05) is 10.6 Å². The van der Waals surface area contributed by atoms with Crippen molar-refractivity contribution in [2.45, 2.75) is 13.0 Å². The van der Waals surface area contributed by atoms with Gasteiger partial charge in [0.25, 0.3) is 5.91 Å². The molecule has 3 aromatic rings. The van der Waals surface area contributed by atoms with Crippen LogP contribution in [0.1, 0.15) is 5.56 Å². The number of carbonyl (C=O) groups is 1. The summed E-state index contributed by atoms with van der Waals surface area (Å²) in [6.07, 6.45) is 0.0699. The third-order valence-corrected chi connectivity index (χ3v) is 6.71. The number of fused-ring (bicyclic) bond motifs is 1. The van der Waals surface area contributed by atoms with E-state index in [4.69, 9.17) is 16.3 Å². The second kappa shape index (κ2) is 7.86. The number of halogens is 1. The zero-order valence-electron chi connectivity index (χ0n) is 16.0. The van der Waals surface area contributed by atoms with E-state index in [1.165, 1.54) is 15.6 Å². The molecule has 0 fully saturated rings. The summed E-state index contributed by atoms with van der Waals surface area (Å²) in [6, 6.07) is 12.3. The summed E-state index contributed by atoms with van der Waals surface area (Å²) < 4.78 is 31.5. The Morgan fingerprint density at radius 1 is 1.23 bits per heavy atom. The van der Waals surface area contributed by atoms with Crippen molar-refractivity contribution >= 4 is 49.7 Å². The highest BCUT2D eigenvalue weighted by atomic mass is 35.5. The second-order valence-electron chi connectivity index (χ2n) is 6.78.